The molecule has 1 aromatic carbocycles. The maximum absolute atomic E-state index is 13.6. The van der Waals surface area contributed by atoms with Gasteiger partial charge in [0.25, 0.3) is 5.69 Å². The van der Waals surface area contributed by atoms with E-state index in [-0.39, 0.29) is 6.54 Å². The van der Waals surface area contributed by atoms with E-state index in [1.807, 2.05) is 0 Å². The van der Waals surface area contributed by atoms with E-state index in [9.17, 15) is 22.9 Å². The van der Waals surface area contributed by atoms with Gasteiger partial charge in [-0.1, -0.05) is 0 Å². The Balaban J connectivity index is 2.23. The van der Waals surface area contributed by atoms with Crippen LogP contribution in [0.5, 0.6) is 0 Å². The van der Waals surface area contributed by atoms with E-state index in [0.717, 1.165) is 12.1 Å². The SMILES string of the molecule is O=[N+]([O-])c1ccc(S(=O)(=O)NCc2cnc[nH]2)c(F)c1. The number of imidazole rings is 1. The number of H-pyrrole nitrogens is 1. The highest BCUT2D eigenvalue weighted by molar-refractivity contribution is 7.89. The molecule has 0 atom stereocenters. The largest absolute Gasteiger partial charge is 0.347 e. The summed E-state index contributed by atoms with van der Waals surface area (Å²) in [4.78, 5) is 15.4. The second-order valence-corrected chi connectivity index (χ2v) is 5.51. The number of benzene rings is 1. The third-order valence-corrected chi connectivity index (χ3v) is 3.86. The van der Waals surface area contributed by atoms with Crippen LogP contribution in [0.3, 0.4) is 0 Å². The number of aromatic nitrogens is 2. The molecular formula is C10H9FN4O4S. The quantitative estimate of drug-likeness (QED) is 0.629. The number of rotatable bonds is 5. The first-order valence-corrected chi connectivity index (χ1v) is 6.79. The van der Waals surface area contributed by atoms with E-state index in [0.29, 0.717) is 11.8 Å². The van der Waals surface area contributed by atoms with Gasteiger partial charge in [0.1, 0.15) is 10.7 Å². The predicted octanol–water partition coefficient (Wildman–Crippen LogP) is 0.935. The average molecular weight is 300 g/mol. The number of nitrogens with zero attached hydrogens (tertiary/aromatic N) is 2. The summed E-state index contributed by atoms with van der Waals surface area (Å²) in [6.07, 6.45) is 2.78. The fraction of sp³-hybridized carbons (Fsp3) is 0.100. The summed E-state index contributed by atoms with van der Waals surface area (Å²) < 4.78 is 39.5. The normalized spacial score (nSPS) is 11.4. The van der Waals surface area contributed by atoms with E-state index in [1.165, 1.54) is 12.5 Å². The lowest BCUT2D eigenvalue weighted by Crippen LogP contribution is -2.24. The summed E-state index contributed by atoms with van der Waals surface area (Å²) >= 11 is 0. The molecule has 0 aliphatic rings. The van der Waals surface area contributed by atoms with Crippen molar-refractivity contribution in [3.8, 4) is 0 Å². The molecule has 0 radical (unpaired) electrons. The number of sulfonamides is 1. The Morgan fingerprint density at radius 3 is 2.75 bits per heavy atom. The van der Waals surface area contributed by atoms with Crippen LogP contribution < -0.4 is 4.72 Å². The molecule has 0 bridgehead atoms. The summed E-state index contributed by atoms with van der Waals surface area (Å²) in [5.41, 5.74) is -0.0223. The van der Waals surface area contributed by atoms with Crippen molar-refractivity contribution >= 4 is 15.7 Å². The number of nitro benzene ring substituents is 1. The number of halogens is 1. The van der Waals surface area contributed by atoms with Crippen molar-refractivity contribution in [2.24, 2.45) is 0 Å². The fourth-order valence-electron chi connectivity index (χ4n) is 1.45. The molecule has 106 valence electrons. The number of nitro groups is 1. The number of nitrogens with one attached hydrogen (secondary N) is 2. The Morgan fingerprint density at radius 1 is 1.45 bits per heavy atom. The van der Waals surface area contributed by atoms with Crippen molar-refractivity contribution in [1.29, 1.82) is 0 Å². The molecule has 20 heavy (non-hydrogen) atoms. The Hall–Kier alpha value is -2.33. The molecule has 1 heterocycles. The summed E-state index contributed by atoms with van der Waals surface area (Å²) in [5.74, 6) is -1.18. The molecule has 0 amide bonds. The van der Waals surface area contributed by atoms with Gasteiger partial charge in [-0.3, -0.25) is 10.1 Å². The van der Waals surface area contributed by atoms with Crippen LogP contribution in [0.15, 0.2) is 35.6 Å². The molecule has 0 fully saturated rings. The molecule has 0 saturated heterocycles. The van der Waals surface area contributed by atoms with Gasteiger partial charge in [0.2, 0.25) is 10.0 Å². The second kappa shape index (κ2) is 5.35. The molecule has 2 rings (SSSR count). The average Bonchev–Trinajstić information content (AvgIpc) is 2.89. The third-order valence-electron chi connectivity index (χ3n) is 2.42. The molecule has 2 aromatic rings. The van der Waals surface area contributed by atoms with E-state index < -0.39 is 31.3 Å². The van der Waals surface area contributed by atoms with Crippen LogP contribution in [0, 0.1) is 15.9 Å². The Labute approximate surface area is 112 Å². The van der Waals surface area contributed by atoms with E-state index in [4.69, 9.17) is 0 Å². The van der Waals surface area contributed by atoms with Crippen LogP contribution in [0.1, 0.15) is 5.69 Å². The highest BCUT2D eigenvalue weighted by Gasteiger charge is 2.21. The molecule has 0 saturated carbocycles. The van der Waals surface area contributed by atoms with Crippen molar-refractivity contribution in [3.05, 3.63) is 52.3 Å². The Kier molecular flexibility index (Phi) is 3.77. The zero-order valence-electron chi connectivity index (χ0n) is 9.91. The number of hydrogen-bond donors (Lipinski definition) is 2. The molecule has 0 unspecified atom stereocenters. The minimum absolute atomic E-state index is 0.0985. The molecule has 0 aliphatic heterocycles. The van der Waals surface area contributed by atoms with Crippen molar-refractivity contribution in [1.82, 2.24) is 14.7 Å². The van der Waals surface area contributed by atoms with Crippen molar-refractivity contribution in [2.45, 2.75) is 11.4 Å². The maximum Gasteiger partial charge on any atom is 0.272 e. The lowest BCUT2D eigenvalue weighted by atomic mass is 10.3. The summed E-state index contributed by atoms with van der Waals surface area (Å²) in [6.45, 7) is -0.0985. The van der Waals surface area contributed by atoms with E-state index in [2.05, 4.69) is 14.7 Å². The van der Waals surface area contributed by atoms with Crippen LogP contribution in [0.25, 0.3) is 0 Å². The fourth-order valence-corrected chi connectivity index (χ4v) is 2.52. The molecular weight excluding hydrogens is 291 g/mol. The zero-order valence-corrected chi connectivity index (χ0v) is 10.7. The minimum atomic E-state index is -4.10. The molecule has 0 spiro atoms. The Bertz CT molecular complexity index is 730. The van der Waals surface area contributed by atoms with Crippen LogP contribution >= 0.6 is 0 Å². The molecule has 2 N–H and O–H groups in total. The van der Waals surface area contributed by atoms with Gasteiger partial charge in [0.15, 0.2) is 0 Å². The lowest BCUT2D eigenvalue weighted by Gasteiger charge is -2.06. The van der Waals surface area contributed by atoms with Gasteiger partial charge in [-0.15, -0.1) is 0 Å². The number of hydrogen-bond acceptors (Lipinski definition) is 5. The van der Waals surface area contributed by atoms with Gasteiger partial charge in [0.05, 0.1) is 23.9 Å². The van der Waals surface area contributed by atoms with Gasteiger partial charge in [0, 0.05) is 18.0 Å². The monoisotopic (exact) mass is 300 g/mol. The highest BCUT2D eigenvalue weighted by Crippen LogP contribution is 2.20. The third kappa shape index (κ3) is 2.97. The van der Waals surface area contributed by atoms with Gasteiger partial charge >= 0.3 is 0 Å². The smallest absolute Gasteiger partial charge is 0.272 e. The Morgan fingerprint density at radius 2 is 2.20 bits per heavy atom. The molecule has 8 nitrogen and oxygen atoms in total. The van der Waals surface area contributed by atoms with Crippen molar-refractivity contribution in [2.75, 3.05) is 0 Å². The van der Waals surface area contributed by atoms with Crippen molar-refractivity contribution < 1.29 is 17.7 Å². The maximum atomic E-state index is 13.6. The van der Waals surface area contributed by atoms with E-state index in [1.54, 1.807) is 0 Å². The first kappa shape index (κ1) is 14.1. The first-order chi connectivity index (χ1) is 9.40. The van der Waals surface area contributed by atoms with Crippen LogP contribution in [0.2, 0.25) is 0 Å². The summed E-state index contributed by atoms with van der Waals surface area (Å²) in [7, 11) is -4.10. The molecule has 10 heteroatoms. The highest BCUT2D eigenvalue weighted by atomic mass is 32.2. The topological polar surface area (TPSA) is 118 Å². The van der Waals surface area contributed by atoms with E-state index >= 15 is 0 Å². The minimum Gasteiger partial charge on any atom is -0.347 e. The first-order valence-electron chi connectivity index (χ1n) is 5.31. The van der Waals surface area contributed by atoms with Crippen molar-refractivity contribution in [3.63, 3.8) is 0 Å². The van der Waals surface area contributed by atoms with Gasteiger partial charge in [-0.05, 0) is 6.07 Å². The van der Waals surface area contributed by atoms with Gasteiger partial charge in [-0.25, -0.2) is 22.5 Å². The standard InChI is InChI=1S/C10H9FN4O4S/c11-9-3-8(15(16)17)1-2-10(9)20(18,19)14-5-7-4-12-6-13-7/h1-4,6,14H,5H2,(H,12,13). The van der Waals surface area contributed by atoms with Crippen LogP contribution in [-0.4, -0.2) is 23.3 Å². The van der Waals surface area contributed by atoms with Crippen LogP contribution in [-0.2, 0) is 16.6 Å². The van der Waals surface area contributed by atoms with Crippen LogP contribution in [0.4, 0.5) is 10.1 Å². The molecule has 1 aromatic heterocycles. The summed E-state index contributed by atoms with van der Waals surface area (Å²) in [5, 5.41) is 10.5. The molecule has 0 aliphatic carbocycles. The second-order valence-electron chi connectivity index (χ2n) is 3.77. The lowest BCUT2D eigenvalue weighted by molar-refractivity contribution is -0.385. The zero-order chi connectivity index (χ0) is 14.8. The van der Waals surface area contributed by atoms with Gasteiger partial charge < -0.3 is 4.98 Å². The number of non-ortho nitro benzene ring substituents is 1. The number of aromatic amines is 1. The summed E-state index contributed by atoms with van der Waals surface area (Å²) in [6, 6.07) is 2.33. The van der Waals surface area contributed by atoms with Gasteiger partial charge in [-0.2, -0.15) is 0 Å². The predicted molar refractivity (Wildman–Crippen MR) is 65.7 cm³/mol.